The Kier molecular flexibility index (Phi) is 73.0. The SMILES string of the molecule is CC/C=C\C/C=C\C/C=C\C/C=C\C/C=C\C/C=C\C/C=C\C/C=C\C/C=C\C/C=C\C/C=C\CCCCCCCC(=O)OC(COC(=O)CCCCCCCCCCCCCCCCCCCCCCC/C=C\C/C=C\CCCCCCC)COP(=O)(O)OCCN. The molecule has 9 nitrogen and oxygen atoms in total. The van der Waals surface area contributed by atoms with E-state index in [4.69, 9.17) is 24.3 Å². The van der Waals surface area contributed by atoms with Crippen molar-refractivity contribution in [3.05, 3.63) is 158 Å². The molecular formula is C83H140NO8P. The van der Waals surface area contributed by atoms with E-state index in [0.29, 0.717) is 6.42 Å². The maximum Gasteiger partial charge on any atom is 0.472 e. The Balaban J connectivity index is 3.95. The van der Waals surface area contributed by atoms with Gasteiger partial charge in [0.25, 0.3) is 0 Å². The van der Waals surface area contributed by atoms with Crippen LogP contribution in [0.3, 0.4) is 0 Å². The first-order chi connectivity index (χ1) is 45.8. The quantitative estimate of drug-likeness (QED) is 0.0264. The molecule has 2 atom stereocenters. The molecule has 0 amide bonds. The molecule has 0 rings (SSSR count). The highest BCUT2D eigenvalue weighted by Crippen LogP contribution is 2.43. The van der Waals surface area contributed by atoms with Crippen molar-refractivity contribution < 1.29 is 37.6 Å². The Bertz CT molecular complexity index is 2090. The molecule has 0 aliphatic rings. The lowest BCUT2D eigenvalue weighted by molar-refractivity contribution is -0.161. The fourth-order valence-corrected chi connectivity index (χ4v) is 11.1. The summed E-state index contributed by atoms with van der Waals surface area (Å²) in [6, 6.07) is 0. The average Bonchev–Trinajstić information content (AvgIpc) is 3.60. The first kappa shape index (κ1) is 88.6. The van der Waals surface area contributed by atoms with Crippen molar-refractivity contribution in [2.75, 3.05) is 26.4 Å². The van der Waals surface area contributed by atoms with Crippen LogP contribution in [-0.4, -0.2) is 49.3 Å². The lowest BCUT2D eigenvalue weighted by atomic mass is 10.0. The monoisotopic (exact) mass is 1310 g/mol. The number of unbranched alkanes of at least 4 members (excludes halogenated alkanes) is 31. The van der Waals surface area contributed by atoms with Gasteiger partial charge in [-0.2, -0.15) is 0 Å². The van der Waals surface area contributed by atoms with Crippen molar-refractivity contribution in [3.63, 3.8) is 0 Å². The number of hydrogen-bond acceptors (Lipinski definition) is 8. The number of ether oxygens (including phenoxy) is 2. The van der Waals surface area contributed by atoms with E-state index in [1.807, 2.05) is 0 Å². The van der Waals surface area contributed by atoms with E-state index in [2.05, 4.69) is 172 Å². The third-order valence-electron chi connectivity index (χ3n) is 15.9. The molecule has 0 spiro atoms. The number of phosphoric ester groups is 1. The standard InChI is InChI=1S/C83H140NO8P/c1-3-5-7-9-11-13-15-17-19-21-23-25-27-29-31-33-35-37-38-39-40-41-42-44-46-48-50-52-54-56-58-60-62-64-66-68-70-72-74-76-83(86)92-81(80-91-93(87,88)90-78-77-84)79-89-82(85)75-73-71-69-67-65-63-61-59-57-55-53-51-49-47-45-43-36-34-32-30-28-26-24-22-20-18-16-14-12-10-8-6-4-2/h5,7,11,13,16-19,22-25,29,31,35,37,39-40,42,44,48,50,54,56,60,62,81H,3-4,6,8-10,12,14-15,20-21,26-28,30,32-34,36,38,41,43,45-47,49,51-53,55,57-59,61,63-80,84H2,1-2H3,(H,87,88)/b7-5-,13-11-,18-16-,19-17-,24-22-,25-23-,31-29-,37-35-,40-39-,44-42-,50-48-,56-54-,62-60-. The minimum Gasteiger partial charge on any atom is -0.462 e. The van der Waals surface area contributed by atoms with Gasteiger partial charge in [-0.15, -0.1) is 0 Å². The molecule has 3 N–H and O–H groups in total. The normalized spacial score (nSPS) is 13.8. The second-order valence-corrected chi connectivity index (χ2v) is 26.2. The highest BCUT2D eigenvalue weighted by Gasteiger charge is 2.26. The van der Waals surface area contributed by atoms with E-state index in [-0.39, 0.29) is 38.6 Å². The minimum absolute atomic E-state index is 0.0435. The van der Waals surface area contributed by atoms with Crippen molar-refractivity contribution >= 4 is 19.8 Å². The zero-order valence-corrected chi connectivity index (χ0v) is 60.6. The molecule has 10 heteroatoms. The van der Waals surface area contributed by atoms with Gasteiger partial charge in [0, 0.05) is 19.4 Å². The van der Waals surface area contributed by atoms with Gasteiger partial charge in [-0.1, -0.05) is 339 Å². The maximum absolute atomic E-state index is 12.8. The first-order valence-corrected chi connectivity index (χ1v) is 39.5. The molecule has 0 saturated carbocycles. The lowest BCUT2D eigenvalue weighted by Gasteiger charge is -2.19. The number of carbonyl (C=O) groups is 2. The van der Waals surface area contributed by atoms with Crippen LogP contribution >= 0.6 is 7.82 Å². The maximum atomic E-state index is 12.8. The molecule has 0 fully saturated rings. The smallest absolute Gasteiger partial charge is 0.462 e. The van der Waals surface area contributed by atoms with Crippen molar-refractivity contribution in [1.29, 1.82) is 0 Å². The molecule has 93 heavy (non-hydrogen) atoms. The van der Waals surface area contributed by atoms with Crippen molar-refractivity contribution in [1.82, 2.24) is 0 Å². The van der Waals surface area contributed by atoms with Crippen LogP contribution in [0.5, 0.6) is 0 Å². The molecular weight excluding hydrogens is 1170 g/mol. The predicted molar refractivity (Wildman–Crippen MR) is 403 cm³/mol. The van der Waals surface area contributed by atoms with Gasteiger partial charge in [-0.3, -0.25) is 18.6 Å². The van der Waals surface area contributed by atoms with Crippen molar-refractivity contribution in [2.45, 2.75) is 328 Å². The molecule has 530 valence electrons. The number of hydrogen-bond donors (Lipinski definition) is 2. The van der Waals surface area contributed by atoms with Crippen LogP contribution < -0.4 is 5.73 Å². The molecule has 0 bridgehead atoms. The van der Waals surface area contributed by atoms with Crippen LogP contribution in [0.15, 0.2) is 158 Å². The third kappa shape index (κ3) is 76.5. The summed E-state index contributed by atoms with van der Waals surface area (Å²) in [6.45, 7) is 3.61. The van der Waals surface area contributed by atoms with Gasteiger partial charge in [-0.25, -0.2) is 4.57 Å². The van der Waals surface area contributed by atoms with Crippen LogP contribution in [0.4, 0.5) is 0 Å². The molecule has 0 aromatic carbocycles. The van der Waals surface area contributed by atoms with Gasteiger partial charge in [0.05, 0.1) is 13.2 Å². The second kappa shape index (κ2) is 76.6. The summed E-state index contributed by atoms with van der Waals surface area (Å²) in [7, 11) is -4.41. The Hall–Kier alpha value is -4.37. The van der Waals surface area contributed by atoms with Crippen LogP contribution in [0, 0.1) is 0 Å². The molecule has 0 aromatic heterocycles. The third-order valence-corrected chi connectivity index (χ3v) is 16.9. The highest BCUT2D eigenvalue weighted by molar-refractivity contribution is 7.47. The summed E-state index contributed by atoms with van der Waals surface area (Å²) < 4.78 is 33.2. The number of esters is 2. The summed E-state index contributed by atoms with van der Waals surface area (Å²) in [5, 5.41) is 0. The van der Waals surface area contributed by atoms with Crippen LogP contribution in [0.2, 0.25) is 0 Å². The Morgan fingerprint density at radius 3 is 0.882 bits per heavy atom. The minimum atomic E-state index is -4.41. The number of rotatable bonds is 70. The van der Waals surface area contributed by atoms with Gasteiger partial charge in [-0.05, 0) is 128 Å². The molecule has 0 aliphatic carbocycles. The van der Waals surface area contributed by atoms with Crippen LogP contribution in [-0.2, 0) is 32.7 Å². The molecule has 0 saturated heterocycles. The van der Waals surface area contributed by atoms with Gasteiger partial charge in [0.2, 0.25) is 0 Å². The zero-order chi connectivity index (χ0) is 67.2. The topological polar surface area (TPSA) is 134 Å². The summed E-state index contributed by atoms with van der Waals surface area (Å²) >= 11 is 0. The van der Waals surface area contributed by atoms with Crippen LogP contribution in [0.1, 0.15) is 322 Å². The number of phosphoric acid groups is 1. The Labute approximate surface area is 572 Å². The Morgan fingerprint density at radius 2 is 0.591 bits per heavy atom. The summed E-state index contributed by atoms with van der Waals surface area (Å²) in [6.07, 6.45) is 112. The van der Waals surface area contributed by atoms with Gasteiger partial charge in [0.1, 0.15) is 6.61 Å². The van der Waals surface area contributed by atoms with Crippen molar-refractivity contribution in [3.8, 4) is 0 Å². The first-order valence-electron chi connectivity index (χ1n) is 38.0. The molecule has 0 radical (unpaired) electrons. The number of carbonyl (C=O) groups excluding carboxylic acids is 2. The highest BCUT2D eigenvalue weighted by atomic mass is 31.2. The molecule has 0 heterocycles. The van der Waals surface area contributed by atoms with Crippen LogP contribution in [0.25, 0.3) is 0 Å². The zero-order valence-electron chi connectivity index (χ0n) is 59.7. The lowest BCUT2D eigenvalue weighted by Crippen LogP contribution is -2.29. The fraction of sp³-hybridized carbons (Fsp3) is 0.663. The van der Waals surface area contributed by atoms with E-state index < -0.39 is 26.5 Å². The largest absolute Gasteiger partial charge is 0.472 e. The van der Waals surface area contributed by atoms with E-state index >= 15 is 0 Å². The predicted octanol–water partition coefficient (Wildman–Crippen LogP) is 25.5. The summed E-state index contributed by atoms with van der Waals surface area (Å²) in [4.78, 5) is 35.4. The molecule has 0 aromatic rings. The van der Waals surface area contributed by atoms with E-state index in [1.54, 1.807) is 0 Å². The van der Waals surface area contributed by atoms with Gasteiger partial charge in [0.15, 0.2) is 6.10 Å². The average molecular weight is 1310 g/mol. The second-order valence-electron chi connectivity index (χ2n) is 24.8. The van der Waals surface area contributed by atoms with E-state index in [1.165, 1.54) is 161 Å². The molecule has 0 aliphatic heterocycles. The number of allylic oxidation sites excluding steroid dienone is 26. The summed E-state index contributed by atoms with van der Waals surface area (Å²) in [5.74, 6) is -0.849. The summed E-state index contributed by atoms with van der Waals surface area (Å²) in [5.41, 5.74) is 5.41. The van der Waals surface area contributed by atoms with Crippen molar-refractivity contribution in [2.24, 2.45) is 5.73 Å². The molecule has 2 unspecified atom stereocenters. The van der Waals surface area contributed by atoms with Gasteiger partial charge >= 0.3 is 19.8 Å². The van der Waals surface area contributed by atoms with Gasteiger partial charge < -0.3 is 20.1 Å². The fourth-order valence-electron chi connectivity index (χ4n) is 10.3. The Morgan fingerprint density at radius 1 is 0.333 bits per heavy atom. The van der Waals surface area contributed by atoms with E-state index in [9.17, 15) is 19.0 Å². The van der Waals surface area contributed by atoms with E-state index in [0.717, 1.165) is 128 Å². The number of nitrogens with two attached hydrogens (primary N) is 1.